The van der Waals surface area contributed by atoms with E-state index in [1.807, 2.05) is 12.1 Å². The third kappa shape index (κ3) is 4.68. The van der Waals surface area contributed by atoms with Crippen molar-refractivity contribution in [2.24, 2.45) is 5.10 Å². The van der Waals surface area contributed by atoms with Crippen LogP contribution >= 0.6 is 11.6 Å². The standard InChI is InChI=1S/C16H14ClFN2O/c1-11(13-4-6-14(17)7-5-13)19-20-16(21)10-12-2-8-15(18)9-3-12/h2-9H,10H2,1H3,(H,20,21)/b19-11-. The molecule has 0 saturated carbocycles. The second kappa shape index (κ2) is 6.99. The van der Waals surface area contributed by atoms with Crippen molar-refractivity contribution >= 4 is 23.2 Å². The molecule has 0 unspecified atom stereocenters. The van der Waals surface area contributed by atoms with Gasteiger partial charge in [0.25, 0.3) is 0 Å². The van der Waals surface area contributed by atoms with Crippen molar-refractivity contribution in [1.82, 2.24) is 5.43 Å². The minimum atomic E-state index is -0.323. The van der Waals surface area contributed by atoms with E-state index < -0.39 is 0 Å². The Hall–Kier alpha value is -2.20. The van der Waals surface area contributed by atoms with E-state index in [9.17, 15) is 9.18 Å². The Morgan fingerprint density at radius 1 is 1.14 bits per heavy atom. The van der Waals surface area contributed by atoms with E-state index in [2.05, 4.69) is 10.5 Å². The first-order chi connectivity index (χ1) is 10.0. The maximum Gasteiger partial charge on any atom is 0.244 e. The number of hydrogen-bond acceptors (Lipinski definition) is 2. The van der Waals surface area contributed by atoms with Crippen molar-refractivity contribution in [3.63, 3.8) is 0 Å². The third-order valence-electron chi connectivity index (χ3n) is 2.89. The second-order valence-corrected chi connectivity index (χ2v) is 4.98. The van der Waals surface area contributed by atoms with Gasteiger partial charge in [-0.05, 0) is 42.3 Å². The molecule has 0 aliphatic carbocycles. The topological polar surface area (TPSA) is 41.5 Å². The first-order valence-corrected chi connectivity index (χ1v) is 6.76. The fraction of sp³-hybridized carbons (Fsp3) is 0.125. The summed E-state index contributed by atoms with van der Waals surface area (Å²) in [7, 11) is 0. The molecule has 5 heteroatoms. The van der Waals surface area contributed by atoms with Crippen molar-refractivity contribution in [1.29, 1.82) is 0 Å². The molecule has 0 heterocycles. The van der Waals surface area contributed by atoms with Crippen LogP contribution in [0.4, 0.5) is 4.39 Å². The highest BCUT2D eigenvalue weighted by molar-refractivity contribution is 6.30. The Kier molecular flexibility index (Phi) is 5.06. The second-order valence-electron chi connectivity index (χ2n) is 4.54. The van der Waals surface area contributed by atoms with Gasteiger partial charge < -0.3 is 0 Å². The van der Waals surface area contributed by atoms with E-state index in [0.717, 1.165) is 11.1 Å². The predicted octanol–water partition coefficient (Wildman–Crippen LogP) is 3.56. The highest BCUT2D eigenvalue weighted by Gasteiger charge is 2.03. The zero-order valence-electron chi connectivity index (χ0n) is 11.4. The van der Waals surface area contributed by atoms with Gasteiger partial charge in [-0.15, -0.1) is 0 Å². The number of amides is 1. The number of benzene rings is 2. The molecule has 1 N–H and O–H groups in total. The van der Waals surface area contributed by atoms with Gasteiger partial charge in [-0.2, -0.15) is 5.10 Å². The van der Waals surface area contributed by atoms with Crippen molar-refractivity contribution in [2.75, 3.05) is 0 Å². The summed E-state index contributed by atoms with van der Waals surface area (Å²) >= 11 is 5.81. The summed E-state index contributed by atoms with van der Waals surface area (Å²) in [5.74, 6) is -0.578. The maximum atomic E-state index is 12.8. The van der Waals surface area contributed by atoms with Crippen LogP contribution in [-0.4, -0.2) is 11.6 Å². The molecule has 0 aromatic heterocycles. The average molecular weight is 305 g/mol. The molecule has 2 aromatic carbocycles. The molecular weight excluding hydrogens is 291 g/mol. The number of halogens is 2. The van der Waals surface area contributed by atoms with E-state index in [0.29, 0.717) is 10.7 Å². The van der Waals surface area contributed by atoms with Crippen LogP contribution < -0.4 is 5.43 Å². The van der Waals surface area contributed by atoms with Gasteiger partial charge in [0.1, 0.15) is 5.82 Å². The van der Waals surface area contributed by atoms with Crippen molar-refractivity contribution in [2.45, 2.75) is 13.3 Å². The fourth-order valence-corrected chi connectivity index (χ4v) is 1.86. The molecule has 0 saturated heterocycles. The molecule has 0 bridgehead atoms. The molecule has 3 nitrogen and oxygen atoms in total. The monoisotopic (exact) mass is 304 g/mol. The summed E-state index contributed by atoms with van der Waals surface area (Å²) in [6.07, 6.45) is 0.150. The zero-order chi connectivity index (χ0) is 15.2. The summed E-state index contributed by atoms with van der Waals surface area (Å²) < 4.78 is 12.8. The van der Waals surface area contributed by atoms with Crippen LogP contribution in [0.1, 0.15) is 18.1 Å². The Balaban J connectivity index is 1.94. The van der Waals surface area contributed by atoms with Crippen molar-refractivity contribution < 1.29 is 9.18 Å². The molecule has 0 spiro atoms. The zero-order valence-corrected chi connectivity index (χ0v) is 12.2. The molecule has 0 radical (unpaired) electrons. The lowest BCUT2D eigenvalue weighted by molar-refractivity contribution is -0.120. The highest BCUT2D eigenvalue weighted by Crippen LogP contribution is 2.10. The van der Waals surface area contributed by atoms with E-state index in [4.69, 9.17) is 11.6 Å². The van der Waals surface area contributed by atoms with Gasteiger partial charge in [-0.1, -0.05) is 35.9 Å². The Labute approximate surface area is 127 Å². The lowest BCUT2D eigenvalue weighted by Crippen LogP contribution is -2.21. The molecule has 0 atom stereocenters. The summed E-state index contributed by atoms with van der Waals surface area (Å²) in [4.78, 5) is 11.8. The van der Waals surface area contributed by atoms with Gasteiger partial charge in [0.05, 0.1) is 12.1 Å². The number of rotatable bonds is 4. The van der Waals surface area contributed by atoms with Gasteiger partial charge >= 0.3 is 0 Å². The molecule has 2 rings (SSSR count). The van der Waals surface area contributed by atoms with Crippen LogP contribution in [0.2, 0.25) is 5.02 Å². The van der Waals surface area contributed by atoms with Crippen molar-refractivity contribution in [3.8, 4) is 0 Å². The van der Waals surface area contributed by atoms with Gasteiger partial charge in [0, 0.05) is 5.02 Å². The smallest absolute Gasteiger partial charge is 0.244 e. The van der Waals surface area contributed by atoms with E-state index in [-0.39, 0.29) is 18.1 Å². The van der Waals surface area contributed by atoms with Crippen LogP contribution in [0.5, 0.6) is 0 Å². The summed E-state index contributed by atoms with van der Waals surface area (Å²) in [6.45, 7) is 1.79. The number of carbonyl (C=O) groups excluding carboxylic acids is 1. The maximum absolute atomic E-state index is 12.8. The molecule has 2 aromatic rings. The Morgan fingerprint density at radius 2 is 1.76 bits per heavy atom. The third-order valence-corrected chi connectivity index (χ3v) is 3.14. The van der Waals surface area contributed by atoms with E-state index in [1.54, 1.807) is 31.2 Å². The average Bonchev–Trinajstić information content (AvgIpc) is 2.48. The lowest BCUT2D eigenvalue weighted by Gasteiger charge is -2.03. The fourth-order valence-electron chi connectivity index (χ4n) is 1.73. The quantitative estimate of drug-likeness (QED) is 0.681. The predicted molar refractivity (Wildman–Crippen MR) is 81.9 cm³/mol. The molecular formula is C16H14ClFN2O. The van der Waals surface area contributed by atoms with Gasteiger partial charge in [-0.25, -0.2) is 9.82 Å². The molecule has 0 aliphatic heterocycles. The van der Waals surface area contributed by atoms with Crippen molar-refractivity contribution in [3.05, 3.63) is 70.5 Å². The normalized spacial score (nSPS) is 11.3. The first-order valence-electron chi connectivity index (χ1n) is 6.38. The lowest BCUT2D eigenvalue weighted by atomic mass is 10.1. The summed E-state index contributed by atoms with van der Waals surface area (Å²) in [5.41, 5.74) is 4.77. The Morgan fingerprint density at radius 3 is 2.38 bits per heavy atom. The van der Waals surface area contributed by atoms with Gasteiger partial charge in [0.15, 0.2) is 0 Å². The molecule has 0 fully saturated rings. The molecule has 0 aliphatic rings. The van der Waals surface area contributed by atoms with Crippen LogP contribution in [0.25, 0.3) is 0 Å². The van der Waals surface area contributed by atoms with Crippen LogP contribution in [0.3, 0.4) is 0 Å². The van der Waals surface area contributed by atoms with Gasteiger partial charge in [-0.3, -0.25) is 4.79 Å². The number of nitrogens with one attached hydrogen (secondary N) is 1. The van der Waals surface area contributed by atoms with Crippen LogP contribution in [0, 0.1) is 5.82 Å². The molecule has 1 amide bonds. The number of nitrogens with zero attached hydrogens (tertiary/aromatic N) is 1. The number of hydrogen-bond donors (Lipinski definition) is 1. The number of hydrazone groups is 1. The van der Waals surface area contributed by atoms with Crippen LogP contribution in [-0.2, 0) is 11.2 Å². The molecule has 21 heavy (non-hydrogen) atoms. The summed E-state index contributed by atoms with van der Waals surface area (Å²) in [5, 5.41) is 4.68. The highest BCUT2D eigenvalue weighted by atomic mass is 35.5. The SMILES string of the molecule is C/C(=N/NC(=O)Cc1ccc(F)cc1)c1ccc(Cl)cc1. The first kappa shape index (κ1) is 15.2. The molecule has 108 valence electrons. The Bertz CT molecular complexity index is 651. The van der Waals surface area contributed by atoms with E-state index >= 15 is 0 Å². The minimum Gasteiger partial charge on any atom is -0.273 e. The van der Waals surface area contributed by atoms with Gasteiger partial charge in [0.2, 0.25) is 5.91 Å². The largest absolute Gasteiger partial charge is 0.273 e. The minimum absolute atomic E-state index is 0.150. The number of carbonyl (C=O) groups is 1. The van der Waals surface area contributed by atoms with E-state index in [1.165, 1.54) is 12.1 Å². The van der Waals surface area contributed by atoms with Crippen LogP contribution in [0.15, 0.2) is 53.6 Å². The summed E-state index contributed by atoms with van der Waals surface area (Å²) in [6, 6.07) is 13.0.